The minimum Gasteiger partial charge on any atom is -0.347 e. The van der Waals surface area contributed by atoms with Gasteiger partial charge in [-0.05, 0) is 23.8 Å². The molecular weight excluding hydrogens is 292 g/mol. The smallest absolute Gasteiger partial charge is 0.243 e. The summed E-state index contributed by atoms with van der Waals surface area (Å²) in [4.78, 5) is 23.7. The second kappa shape index (κ2) is 6.74. The Kier molecular flexibility index (Phi) is 4.33. The van der Waals surface area contributed by atoms with Gasteiger partial charge in [0.05, 0.1) is 24.7 Å². The largest absolute Gasteiger partial charge is 0.347 e. The molecule has 3 rings (SSSR count). The van der Waals surface area contributed by atoms with Crippen LogP contribution in [0.2, 0.25) is 0 Å². The van der Waals surface area contributed by atoms with E-state index in [0.29, 0.717) is 5.69 Å². The van der Waals surface area contributed by atoms with E-state index in [1.807, 2.05) is 42.5 Å². The highest BCUT2D eigenvalue weighted by molar-refractivity contribution is 5.96. The van der Waals surface area contributed by atoms with Crippen LogP contribution in [-0.2, 0) is 16.0 Å². The predicted octanol–water partition coefficient (Wildman–Crippen LogP) is 1.86. The molecule has 0 bridgehead atoms. The summed E-state index contributed by atoms with van der Waals surface area (Å²) in [6.45, 7) is -0.0604. The third kappa shape index (κ3) is 3.94. The van der Waals surface area contributed by atoms with Crippen LogP contribution >= 0.6 is 0 Å². The van der Waals surface area contributed by atoms with Crippen molar-refractivity contribution in [3.05, 3.63) is 60.3 Å². The van der Waals surface area contributed by atoms with Crippen LogP contribution in [0.25, 0.3) is 10.9 Å². The minimum absolute atomic E-state index is 0.0604. The fraction of sp³-hybridized carbons (Fsp3) is 0.118. The van der Waals surface area contributed by atoms with E-state index in [2.05, 4.69) is 20.8 Å². The Labute approximate surface area is 132 Å². The summed E-state index contributed by atoms with van der Waals surface area (Å²) in [5.41, 5.74) is 2.48. The number of fused-ring (bicyclic) bond motifs is 1. The molecule has 0 fully saturated rings. The Morgan fingerprint density at radius 3 is 2.70 bits per heavy atom. The van der Waals surface area contributed by atoms with Crippen LogP contribution in [0.5, 0.6) is 0 Å². The van der Waals surface area contributed by atoms with Crippen LogP contribution in [0.15, 0.2) is 54.7 Å². The first kappa shape index (κ1) is 14.8. The van der Waals surface area contributed by atoms with Crippen molar-refractivity contribution >= 4 is 28.4 Å². The molecule has 116 valence electrons. The minimum atomic E-state index is -0.269. The summed E-state index contributed by atoms with van der Waals surface area (Å²) in [5, 5.41) is 13.0. The van der Waals surface area contributed by atoms with Gasteiger partial charge in [0, 0.05) is 11.1 Å². The lowest BCUT2D eigenvalue weighted by Crippen LogP contribution is -2.33. The van der Waals surface area contributed by atoms with Gasteiger partial charge in [-0.3, -0.25) is 14.7 Å². The zero-order valence-electron chi connectivity index (χ0n) is 12.4. The first-order valence-corrected chi connectivity index (χ1v) is 7.24. The first-order valence-electron chi connectivity index (χ1n) is 7.24. The molecule has 0 radical (unpaired) electrons. The Morgan fingerprint density at radius 2 is 1.87 bits per heavy atom. The molecule has 6 heteroatoms. The Bertz CT molecular complexity index is 827. The zero-order chi connectivity index (χ0) is 16.1. The number of hydrogen-bond acceptors (Lipinski definition) is 3. The van der Waals surface area contributed by atoms with Gasteiger partial charge >= 0.3 is 0 Å². The fourth-order valence-electron chi connectivity index (χ4n) is 2.25. The second-order valence-electron chi connectivity index (χ2n) is 5.16. The standard InChI is InChI=1S/C17H16N4O2/c22-16(8-12-4-2-1-3-5-12)18-11-17(23)20-14-6-7-15-13(9-14)10-19-21-15/h1-7,9-10H,8,11H2,(H,18,22)(H,19,21)(H,20,23). The number of benzene rings is 2. The number of aromatic nitrogens is 2. The van der Waals surface area contributed by atoms with Gasteiger partial charge in [-0.2, -0.15) is 5.10 Å². The topological polar surface area (TPSA) is 86.9 Å². The average Bonchev–Trinajstić information content (AvgIpc) is 3.01. The van der Waals surface area contributed by atoms with Crippen LogP contribution in [0.4, 0.5) is 5.69 Å². The summed E-state index contributed by atoms with van der Waals surface area (Å²) < 4.78 is 0. The van der Waals surface area contributed by atoms with Crippen LogP contribution in [0, 0.1) is 0 Å². The molecule has 0 saturated carbocycles. The van der Waals surface area contributed by atoms with Crippen molar-refractivity contribution in [1.82, 2.24) is 15.5 Å². The molecule has 0 aliphatic rings. The molecule has 3 N–H and O–H groups in total. The van der Waals surface area contributed by atoms with Gasteiger partial charge in [0.25, 0.3) is 0 Å². The highest BCUT2D eigenvalue weighted by Gasteiger charge is 2.07. The fourth-order valence-corrected chi connectivity index (χ4v) is 2.25. The van der Waals surface area contributed by atoms with Crippen molar-refractivity contribution in [2.75, 3.05) is 11.9 Å². The maximum atomic E-state index is 11.9. The third-order valence-corrected chi connectivity index (χ3v) is 3.38. The van der Waals surface area contributed by atoms with Crippen LogP contribution in [0.3, 0.4) is 0 Å². The van der Waals surface area contributed by atoms with Crippen LogP contribution in [0.1, 0.15) is 5.56 Å². The number of carbonyl (C=O) groups excluding carboxylic acids is 2. The maximum absolute atomic E-state index is 11.9. The maximum Gasteiger partial charge on any atom is 0.243 e. The highest BCUT2D eigenvalue weighted by Crippen LogP contribution is 2.16. The summed E-state index contributed by atoms with van der Waals surface area (Å²) in [7, 11) is 0. The number of nitrogens with one attached hydrogen (secondary N) is 3. The SMILES string of the molecule is O=C(Cc1ccccc1)NCC(=O)Nc1ccc2[nH]ncc2c1. The normalized spacial score (nSPS) is 10.4. The molecule has 0 atom stereocenters. The van der Waals surface area contributed by atoms with E-state index < -0.39 is 0 Å². The van der Waals surface area contributed by atoms with Crippen LogP contribution < -0.4 is 10.6 Å². The number of anilines is 1. The number of hydrogen-bond donors (Lipinski definition) is 3. The van der Waals surface area contributed by atoms with E-state index in [0.717, 1.165) is 16.5 Å². The summed E-state index contributed by atoms with van der Waals surface area (Å²) in [6.07, 6.45) is 1.95. The number of rotatable bonds is 5. The Morgan fingerprint density at radius 1 is 1.04 bits per heavy atom. The average molecular weight is 308 g/mol. The number of nitrogens with zero attached hydrogens (tertiary/aromatic N) is 1. The highest BCUT2D eigenvalue weighted by atomic mass is 16.2. The van der Waals surface area contributed by atoms with Gasteiger partial charge in [-0.15, -0.1) is 0 Å². The molecule has 0 saturated heterocycles. The monoisotopic (exact) mass is 308 g/mol. The molecule has 0 aliphatic carbocycles. The molecule has 3 aromatic rings. The summed E-state index contributed by atoms with van der Waals surface area (Å²) in [6, 6.07) is 14.8. The van der Waals surface area contributed by atoms with Gasteiger partial charge in [-0.1, -0.05) is 30.3 Å². The first-order chi connectivity index (χ1) is 11.2. The summed E-state index contributed by atoms with van der Waals surface area (Å²) in [5.74, 6) is -0.453. The number of carbonyl (C=O) groups is 2. The Balaban J connectivity index is 1.50. The molecule has 2 aromatic carbocycles. The van der Waals surface area contributed by atoms with Crippen molar-refractivity contribution in [2.45, 2.75) is 6.42 Å². The molecule has 0 spiro atoms. The molecule has 2 amide bonds. The molecular formula is C17H16N4O2. The summed E-state index contributed by atoms with van der Waals surface area (Å²) >= 11 is 0. The van der Waals surface area contributed by atoms with E-state index in [-0.39, 0.29) is 24.8 Å². The van der Waals surface area contributed by atoms with Gasteiger partial charge in [0.2, 0.25) is 11.8 Å². The number of H-pyrrole nitrogens is 1. The molecule has 0 unspecified atom stereocenters. The molecule has 6 nitrogen and oxygen atoms in total. The van der Waals surface area contributed by atoms with Gasteiger partial charge < -0.3 is 10.6 Å². The van der Waals surface area contributed by atoms with E-state index in [1.54, 1.807) is 12.3 Å². The van der Waals surface area contributed by atoms with Crippen LogP contribution in [-0.4, -0.2) is 28.6 Å². The van der Waals surface area contributed by atoms with Crippen molar-refractivity contribution in [2.24, 2.45) is 0 Å². The second-order valence-corrected chi connectivity index (χ2v) is 5.16. The zero-order valence-corrected chi connectivity index (χ0v) is 12.4. The van der Waals surface area contributed by atoms with Crippen molar-refractivity contribution in [3.63, 3.8) is 0 Å². The number of amides is 2. The molecule has 0 aliphatic heterocycles. The lowest BCUT2D eigenvalue weighted by Gasteiger charge is -2.07. The molecule has 23 heavy (non-hydrogen) atoms. The number of aromatic amines is 1. The van der Waals surface area contributed by atoms with E-state index in [4.69, 9.17) is 0 Å². The third-order valence-electron chi connectivity index (χ3n) is 3.38. The van der Waals surface area contributed by atoms with E-state index in [9.17, 15) is 9.59 Å². The van der Waals surface area contributed by atoms with Crippen molar-refractivity contribution in [3.8, 4) is 0 Å². The van der Waals surface area contributed by atoms with Crippen molar-refractivity contribution in [1.29, 1.82) is 0 Å². The van der Waals surface area contributed by atoms with E-state index in [1.165, 1.54) is 0 Å². The lowest BCUT2D eigenvalue weighted by molar-refractivity contribution is -0.123. The van der Waals surface area contributed by atoms with Gasteiger partial charge in [-0.25, -0.2) is 0 Å². The molecule has 1 heterocycles. The lowest BCUT2D eigenvalue weighted by atomic mass is 10.1. The van der Waals surface area contributed by atoms with E-state index >= 15 is 0 Å². The van der Waals surface area contributed by atoms with Crippen molar-refractivity contribution < 1.29 is 9.59 Å². The Hall–Kier alpha value is -3.15. The molecule has 1 aromatic heterocycles. The van der Waals surface area contributed by atoms with Gasteiger partial charge in [0.1, 0.15) is 0 Å². The van der Waals surface area contributed by atoms with Gasteiger partial charge in [0.15, 0.2) is 0 Å². The predicted molar refractivity (Wildman–Crippen MR) is 87.9 cm³/mol. The quantitative estimate of drug-likeness (QED) is 0.672.